The molecule has 2 aromatic carbocycles. The lowest BCUT2D eigenvalue weighted by atomic mass is 10.2. The summed E-state index contributed by atoms with van der Waals surface area (Å²) in [7, 11) is 0. The lowest BCUT2D eigenvalue weighted by Gasteiger charge is -1.99. The average molecular weight is 309 g/mol. The van der Waals surface area contributed by atoms with E-state index in [0.717, 1.165) is 16.5 Å². The van der Waals surface area contributed by atoms with E-state index >= 15 is 0 Å². The van der Waals surface area contributed by atoms with Gasteiger partial charge in [0, 0.05) is 22.0 Å². The molecule has 3 aromatic rings. The van der Waals surface area contributed by atoms with Gasteiger partial charge in [0.1, 0.15) is 0 Å². The SMILES string of the molecule is CSc1ccc(C=NNC(=O)c2c[nH]c3ccccc23)cc1. The van der Waals surface area contributed by atoms with Crippen molar-refractivity contribution >= 4 is 34.8 Å². The molecule has 1 amide bonds. The summed E-state index contributed by atoms with van der Waals surface area (Å²) in [5, 5.41) is 4.90. The number of benzene rings is 2. The minimum Gasteiger partial charge on any atom is -0.360 e. The van der Waals surface area contributed by atoms with Gasteiger partial charge in [-0.05, 0) is 30.0 Å². The highest BCUT2D eigenvalue weighted by Crippen LogP contribution is 2.17. The third-order valence-corrected chi connectivity index (χ3v) is 4.07. The molecule has 0 unspecified atom stereocenters. The van der Waals surface area contributed by atoms with Gasteiger partial charge in [0.05, 0.1) is 11.8 Å². The highest BCUT2D eigenvalue weighted by atomic mass is 32.2. The van der Waals surface area contributed by atoms with Crippen LogP contribution in [0.25, 0.3) is 10.9 Å². The van der Waals surface area contributed by atoms with Gasteiger partial charge in [-0.15, -0.1) is 11.8 Å². The fourth-order valence-electron chi connectivity index (χ4n) is 2.18. The van der Waals surface area contributed by atoms with Crippen molar-refractivity contribution in [3.63, 3.8) is 0 Å². The average Bonchev–Trinajstić information content (AvgIpc) is 2.99. The van der Waals surface area contributed by atoms with Gasteiger partial charge in [-0.1, -0.05) is 30.3 Å². The second kappa shape index (κ2) is 6.49. The molecule has 0 fully saturated rings. The number of aromatic nitrogens is 1. The maximum absolute atomic E-state index is 12.2. The number of hydrogen-bond acceptors (Lipinski definition) is 3. The molecular formula is C17H15N3OS. The molecule has 1 heterocycles. The van der Waals surface area contributed by atoms with Crippen LogP contribution in [0.5, 0.6) is 0 Å². The number of nitrogens with one attached hydrogen (secondary N) is 2. The van der Waals surface area contributed by atoms with Crippen LogP contribution in [0.4, 0.5) is 0 Å². The van der Waals surface area contributed by atoms with Gasteiger partial charge in [-0.3, -0.25) is 4.79 Å². The smallest absolute Gasteiger partial charge is 0.273 e. The summed E-state index contributed by atoms with van der Waals surface area (Å²) in [5.41, 5.74) is 5.02. The summed E-state index contributed by atoms with van der Waals surface area (Å²) in [6, 6.07) is 15.6. The third-order valence-electron chi connectivity index (χ3n) is 3.33. The Morgan fingerprint density at radius 1 is 1.18 bits per heavy atom. The van der Waals surface area contributed by atoms with Crippen LogP contribution in [-0.4, -0.2) is 23.4 Å². The van der Waals surface area contributed by atoms with E-state index < -0.39 is 0 Å². The van der Waals surface area contributed by atoms with E-state index in [1.54, 1.807) is 24.2 Å². The summed E-state index contributed by atoms with van der Waals surface area (Å²) in [6.45, 7) is 0. The van der Waals surface area contributed by atoms with Crippen LogP contribution in [0.15, 0.2) is 64.7 Å². The molecule has 110 valence electrons. The third kappa shape index (κ3) is 3.04. The maximum Gasteiger partial charge on any atom is 0.273 e. The molecule has 0 aliphatic carbocycles. The standard InChI is InChI=1S/C17H15N3OS/c1-22-13-8-6-12(7-9-13)10-19-20-17(21)15-11-18-16-5-3-2-4-14(15)16/h2-11,18H,1H3,(H,20,21). The molecule has 0 aliphatic rings. The number of hydrogen-bond donors (Lipinski definition) is 2. The van der Waals surface area contributed by atoms with E-state index in [-0.39, 0.29) is 5.91 Å². The minimum absolute atomic E-state index is 0.227. The number of carbonyl (C=O) groups is 1. The highest BCUT2D eigenvalue weighted by Gasteiger charge is 2.10. The molecule has 3 rings (SSSR count). The predicted octanol–water partition coefficient (Wildman–Crippen LogP) is 3.65. The number of carbonyl (C=O) groups excluding carboxylic acids is 1. The molecule has 0 radical (unpaired) electrons. The van der Waals surface area contributed by atoms with Gasteiger partial charge in [-0.25, -0.2) is 5.43 Å². The zero-order valence-corrected chi connectivity index (χ0v) is 12.9. The van der Waals surface area contributed by atoms with Crippen molar-refractivity contribution in [3.8, 4) is 0 Å². The fraction of sp³-hybridized carbons (Fsp3) is 0.0588. The van der Waals surface area contributed by atoms with E-state index in [4.69, 9.17) is 0 Å². The topological polar surface area (TPSA) is 57.2 Å². The predicted molar refractivity (Wildman–Crippen MR) is 91.6 cm³/mol. The Hall–Kier alpha value is -2.53. The van der Waals surface area contributed by atoms with Crippen LogP contribution in [-0.2, 0) is 0 Å². The van der Waals surface area contributed by atoms with Crippen LogP contribution >= 0.6 is 11.8 Å². The Bertz CT molecular complexity index is 821. The summed E-state index contributed by atoms with van der Waals surface area (Å²) < 4.78 is 0. The maximum atomic E-state index is 12.2. The first kappa shape index (κ1) is 14.4. The first-order chi connectivity index (χ1) is 10.8. The monoisotopic (exact) mass is 309 g/mol. The Kier molecular flexibility index (Phi) is 4.25. The van der Waals surface area contributed by atoms with Crippen LogP contribution in [0, 0.1) is 0 Å². The number of hydrazone groups is 1. The lowest BCUT2D eigenvalue weighted by Crippen LogP contribution is -2.17. The lowest BCUT2D eigenvalue weighted by molar-refractivity contribution is 0.0957. The van der Waals surface area contributed by atoms with Crippen molar-refractivity contribution in [2.24, 2.45) is 5.10 Å². The van der Waals surface area contributed by atoms with Crippen molar-refractivity contribution in [2.45, 2.75) is 4.90 Å². The highest BCUT2D eigenvalue weighted by molar-refractivity contribution is 7.98. The van der Waals surface area contributed by atoms with Gasteiger partial charge in [0.25, 0.3) is 5.91 Å². The molecule has 0 atom stereocenters. The van der Waals surface area contributed by atoms with E-state index in [1.807, 2.05) is 54.8 Å². The van der Waals surface area contributed by atoms with Crippen LogP contribution in [0.1, 0.15) is 15.9 Å². The number of fused-ring (bicyclic) bond motifs is 1. The van der Waals surface area contributed by atoms with Crippen molar-refractivity contribution in [1.29, 1.82) is 0 Å². The molecule has 2 N–H and O–H groups in total. The molecule has 0 bridgehead atoms. The fourth-order valence-corrected chi connectivity index (χ4v) is 2.58. The second-order valence-electron chi connectivity index (χ2n) is 4.72. The number of amides is 1. The molecule has 22 heavy (non-hydrogen) atoms. The van der Waals surface area contributed by atoms with Gasteiger partial charge in [-0.2, -0.15) is 5.10 Å². The van der Waals surface area contributed by atoms with E-state index in [0.29, 0.717) is 5.56 Å². The van der Waals surface area contributed by atoms with E-state index in [1.165, 1.54) is 4.90 Å². The molecule has 1 aromatic heterocycles. The molecule has 0 saturated heterocycles. The van der Waals surface area contributed by atoms with Crippen LogP contribution in [0.2, 0.25) is 0 Å². The zero-order valence-electron chi connectivity index (χ0n) is 12.0. The van der Waals surface area contributed by atoms with E-state index in [9.17, 15) is 4.79 Å². The van der Waals surface area contributed by atoms with Crippen molar-refractivity contribution in [2.75, 3.05) is 6.26 Å². The molecule has 0 spiro atoms. The number of para-hydroxylation sites is 1. The van der Waals surface area contributed by atoms with Crippen LogP contribution < -0.4 is 5.43 Å². The number of nitrogens with zero attached hydrogens (tertiary/aromatic N) is 1. The van der Waals surface area contributed by atoms with Gasteiger partial charge < -0.3 is 4.98 Å². The minimum atomic E-state index is -0.227. The summed E-state index contributed by atoms with van der Waals surface area (Å²) in [6.07, 6.45) is 5.37. The van der Waals surface area contributed by atoms with Crippen molar-refractivity contribution in [3.05, 3.63) is 65.9 Å². The number of H-pyrrole nitrogens is 1. The quantitative estimate of drug-likeness (QED) is 0.439. The summed E-state index contributed by atoms with van der Waals surface area (Å²) in [5.74, 6) is -0.227. The molecular weight excluding hydrogens is 294 g/mol. The van der Waals surface area contributed by atoms with Gasteiger partial charge in [0.2, 0.25) is 0 Å². The normalized spacial score (nSPS) is 11.1. The van der Waals surface area contributed by atoms with E-state index in [2.05, 4.69) is 15.5 Å². The van der Waals surface area contributed by atoms with Gasteiger partial charge in [0.15, 0.2) is 0 Å². The molecule has 0 aliphatic heterocycles. The largest absolute Gasteiger partial charge is 0.360 e. The Labute approximate surface area is 132 Å². The number of thioether (sulfide) groups is 1. The Morgan fingerprint density at radius 2 is 1.95 bits per heavy atom. The summed E-state index contributed by atoms with van der Waals surface area (Å²) in [4.78, 5) is 16.4. The Balaban J connectivity index is 1.70. The first-order valence-corrected chi connectivity index (χ1v) is 8.04. The van der Waals surface area contributed by atoms with Gasteiger partial charge >= 0.3 is 0 Å². The second-order valence-corrected chi connectivity index (χ2v) is 5.60. The first-order valence-electron chi connectivity index (χ1n) is 6.81. The van der Waals surface area contributed by atoms with Crippen molar-refractivity contribution in [1.82, 2.24) is 10.4 Å². The molecule has 0 saturated carbocycles. The number of aromatic amines is 1. The molecule has 5 heteroatoms. The summed E-state index contributed by atoms with van der Waals surface area (Å²) >= 11 is 1.69. The number of rotatable bonds is 4. The molecule has 4 nitrogen and oxygen atoms in total. The van der Waals surface area contributed by atoms with Crippen LogP contribution in [0.3, 0.4) is 0 Å². The van der Waals surface area contributed by atoms with Crippen molar-refractivity contribution < 1.29 is 4.79 Å². The zero-order chi connectivity index (χ0) is 15.4. The Morgan fingerprint density at radius 3 is 2.73 bits per heavy atom.